The predicted octanol–water partition coefficient (Wildman–Crippen LogP) is 4.23. The van der Waals surface area contributed by atoms with Crippen molar-refractivity contribution in [2.45, 2.75) is 59.9 Å². The lowest BCUT2D eigenvalue weighted by atomic mass is 9.62. The SMILES string of the molecule is Cc1ccc(C(=O)NCC2(C)CC(NC(=O)c3ccc(C)o3)CC(C)(C)C2)o1. The lowest BCUT2D eigenvalue weighted by Gasteiger charge is -2.46. The summed E-state index contributed by atoms with van der Waals surface area (Å²) in [5.41, 5.74) is -0.0773. The van der Waals surface area contributed by atoms with Gasteiger partial charge in [-0.15, -0.1) is 0 Å². The van der Waals surface area contributed by atoms with E-state index in [1.165, 1.54) is 0 Å². The fourth-order valence-corrected chi connectivity index (χ4v) is 4.62. The van der Waals surface area contributed by atoms with Crippen LogP contribution in [-0.4, -0.2) is 24.4 Å². The van der Waals surface area contributed by atoms with Gasteiger partial charge in [0.1, 0.15) is 11.5 Å². The number of hydrogen-bond donors (Lipinski definition) is 2. The van der Waals surface area contributed by atoms with E-state index in [4.69, 9.17) is 8.83 Å². The first-order valence-electron chi connectivity index (χ1n) is 9.77. The number of aryl methyl sites for hydroxylation is 2. The molecule has 6 nitrogen and oxygen atoms in total. The van der Waals surface area contributed by atoms with Gasteiger partial charge >= 0.3 is 0 Å². The van der Waals surface area contributed by atoms with E-state index in [0.29, 0.717) is 23.8 Å². The fourth-order valence-electron chi connectivity index (χ4n) is 4.62. The molecule has 3 rings (SSSR count). The third kappa shape index (κ3) is 4.86. The quantitative estimate of drug-likeness (QED) is 0.805. The van der Waals surface area contributed by atoms with Gasteiger partial charge < -0.3 is 19.5 Å². The van der Waals surface area contributed by atoms with E-state index < -0.39 is 0 Å². The summed E-state index contributed by atoms with van der Waals surface area (Å²) in [5.74, 6) is 1.71. The zero-order valence-electron chi connectivity index (χ0n) is 17.3. The second kappa shape index (κ2) is 7.49. The van der Waals surface area contributed by atoms with Crippen LogP contribution in [0.1, 0.15) is 72.7 Å². The molecule has 152 valence electrons. The summed E-state index contributed by atoms with van der Waals surface area (Å²) < 4.78 is 10.8. The molecular weight excluding hydrogens is 356 g/mol. The average Bonchev–Trinajstić information content (AvgIpc) is 3.19. The predicted molar refractivity (Wildman–Crippen MR) is 106 cm³/mol. The van der Waals surface area contributed by atoms with Crippen molar-refractivity contribution in [3.63, 3.8) is 0 Å². The first-order valence-corrected chi connectivity index (χ1v) is 9.77. The molecule has 2 aromatic rings. The van der Waals surface area contributed by atoms with E-state index in [2.05, 4.69) is 31.4 Å². The first-order chi connectivity index (χ1) is 13.1. The maximum atomic E-state index is 12.5. The van der Waals surface area contributed by atoms with Gasteiger partial charge in [-0.25, -0.2) is 0 Å². The van der Waals surface area contributed by atoms with Crippen molar-refractivity contribution in [2.24, 2.45) is 10.8 Å². The minimum atomic E-state index is -0.204. The Hall–Kier alpha value is -2.50. The largest absolute Gasteiger partial charge is 0.456 e. The number of carbonyl (C=O) groups excluding carboxylic acids is 2. The third-order valence-electron chi connectivity index (χ3n) is 5.38. The van der Waals surface area contributed by atoms with Crippen molar-refractivity contribution in [3.05, 3.63) is 47.3 Å². The maximum Gasteiger partial charge on any atom is 0.287 e. The van der Waals surface area contributed by atoms with Gasteiger partial charge in [0.25, 0.3) is 11.8 Å². The Balaban J connectivity index is 1.64. The van der Waals surface area contributed by atoms with E-state index >= 15 is 0 Å². The molecule has 2 heterocycles. The molecule has 0 spiro atoms. The highest BCUT2D eigenvalue weighted by atomic mass is 16.4. The van der Waals surface area contributed by atoms with Gasteiger partial charge in [-0.3, -0.25) is 9.59 Å². The van der Waals surface area contributed by atoms with Crippen molar-refractivity contribution in [1.29, 1.82) is 0 Å². The summed E-state index contributed by atoms with van der Waals surface area (Å²) in [6.45, 7) is 10.7. The zero-order valence-corrected chi connectivity index (χ0v) is 17.3. The Morgan fingerprint density at radius 2 is 1.54 bits per heavy atom. The second-order valence-electron chi connectivity index (χ2n) is 9.23. The van der Waals surface area contributed by atoms with Gasteiger partial charge in [0.2, 0.25) is 0 Å². The molecular formula is C22H30N2O4. The molecule has 1 aliphatic rings. The normalized spacial score (nSPS) is 24.0. The molecule has 2 N–H and O–H groups in total. The summed E-state index contributed by atoms with van der Waals surface area (Å²) in [7, 11) is 0. The highest BCUT2D eigenvalue weighted by Gasteiger charge is 2.42. The maximum absolute atomic E-state index is 12.5. The van der Waals surface area contributed by atoms with Crippen molar-refractivity contribution in [1.82, 2.24) is 10.6 Å². The minimum absolute atomic E-state index is 0.0226. The molecule has 2 unspecified atom stereocenters. The molecule has 28 heavy (non-hydrogen) atoms. The Labute approximate surface area is 166 Å². The smallest absolute Gasteiger partial charge is 0.287 e. The molecule has 1 saturated carbocycles. The van der Waals surface area contributed by atoms with Crippen LogP contribution >= 0.6 is 0 Å². The summed E-state index contributed by atoms with van der Waals surface area (Å²) >= 11 is 0. The van der Waals surface area contributed by atoms with Crippen LogP contribution in [0.4, 0.5) is 0 Å². The van der Waals surface area contributed by atoms with Crippen LogP contribution < -0.4 is 10.6 Å². The van der Waals surface area contributed by atoms with Crippen LogP contribution in [0.25, 0.3) is 0 Å². The molecule has 6 heteroatoms. The number of amides is 2. The second-order valence-corrected chi connectivity index (χ2v) is 9.23. The standard InChI is InChI=1S/C22H30N2O4/c1-14-6-8-17(27-14)19(25)23-13-22(5)11-16(10-21(3,4)12-22)24-20(26)18-9-7-15(2)28-18/h6-9,16H,10-13H2,1-5H3,(H,23,25)(H,24,26). The number of carbonyl (C=O) groups is 2. The van der Waals surface area contributed by atoms with Crippen LogP contribution in [0.15, 0.2) is 33.1 Å². The Morgan fingerprint density at radius 3 is 2.07 bits per heavy atom. The van der Waals surface area contributed by atoms with E-state index in [1.807, 2.05) is 13.8 Å². The van der Waals surface area contributed by atoms with Gasteiger partial charge in [-0.1, -0.05) is 20.8 Å². The molecule has 1 fully saturated rings. The van der Waals surface area contributed by atoms with E-state index in [9.17, 15) is 9.59 Å². The van der Waals surface area contributed by atoms with E-state index in [0.717, 1.165) is 25.0 Å². The molecule has 0 bridgehead atoms. The average molecular weight is 386 g/mol. The van der Waals surface area contributed by atoms with Crippen molar-refractivity contribution in [3.8, 4) is 0 Å². The Morgan fingerprint density at radius 1 is 0.964 bits per heavy atom. The van der Waals surface area contributed by atoms with Gasteiger partial charge in [0.15, 0.2) is 11.5 Å². The highest BCUT2D eigenvalue weighted by Crippen LogP contribution is 2.45. The minimum Gasteiger partial charge on any atom is -0.456 e. The Kier molecular flexibility index (Phi) is 5.41. The molecule has 2 aromatic heterocycles. The van der Waals surface area contributed by atoms with Crippen LogP contribution in [0.5, 0.6) is 0 Å². The summed E-state index contributed by atoms with van der Waals surface area (Å²) in [4.78, 5) is 24.9. The summed E-state index contributed by atoms with van der Waals surface area (Å²) in [6, 6.07) is 6.97. The van der Waals surface area contributed by atoms with Crippen molar-refractivity contribution in [2.75, 3.05) is 6.54 Å². The molecule has 0 aromatic carbocycles. The molecule has 2 atom stereocenters. The van der Waals surface area contributed by atoms with E-state index in [1.54, 1.807) is 24.3 Å². The van der Waals surface area contributed by atoms with Crippen LogP contribution in [0.2, 0.25) is 0 Å². The molecule has 1 aliphatic carbocycles. The summed E-state index contributed by atoms with van der Waals surface area (Å²) in [6.07, 6.45) is 2.64. The third-order valence-corrected chi connectivity index (χ3v) is 5.38. The van der Waals surface area contributed by atoms with Gasteiger partial charge in [-0.05, 0) is 68.2 Å². The van der Waals surface area contributed by atoms with Gasteiger partial charge in [-0.2, -0.15) is 0 Å². The number of rotatable bonds is 5. The first kappa shape index (κ1) is 20.2. The van der Waals surface area contributed by atoms with E-state index in [-0.39, 0.29) is 28.7 Å². The number of hydrogen-bond acceptors (Lipinski definition) is 4. The topological polar surface area (TPSA) is 84.5 Å². The van der Waals surface area contributed by atoms with Gasteiger partial charge in [0.05, 0.1) is 0 Å². The molecule has 2 amide bonds. The fraction of sp³-hybridized carbons (Fsp3) is 0.545. The zero-order chi connectivity index (χ0) is 20.5. The summed E-state index contributed by atoms with van der Waals surface area (Å²) in [5, 5.41) is 6.12. The van der Waals surface area contributed by atoms with Crippen LogP contribution in [-0.2, 0) is 0 Å². The van der Waals surface area contributed by atoms with Crippen molar-refractivity contribution < 1.29 is 18.4 Å². The lowest BCUT2D eigenvalue weighted by Crippen LogP contribution is -2.50. The monoisotopic (exact) mass is 386 g/mol. The van der Waals surface area contributed by atoms with Gasteiger partial charge in [0, 0.05) is 12.6 Å². The molecule has 0 aliphatic heterocycles. The number of nitrogens with one attached hydrogen (secondary N) is 2. The van der Waals surface area contributed by atoms with Crippen molar-refractivity contribution >= 4 is 11.8 Å². The van der Waals surface area contributed by atoms with Crippen LogP contribution in [0, 0.1) is 24.7 Å². The lowest BCUT2D eigenvalue weighted by molar-refractivity contribution is 0.0576. The molecule has 0 saturated heterocycles. The van der Waals surface area contributed by atoms with Crippen LogP contribution in [0.3, 0.4) is 0 Å². The molecule has 0 radical (unpaired) electrons. The number of furan rings is 2. The Bertz CT molecular complexity index is 864. The highest BCUT2D eigenvalue weighted by molar-refractivity contribution is 5.92.